The highest BCUT2D eigenvalue weighted by molar-refractivity contribution is 7.22. The zero-order valence-corrected chi connectivity index (χ0v) is 20.0. The molecule has 1 aliphatic rings. The number of ketones is 1. The Morgan fingerprint density at radius 2 is 1.83 bits per heavy atom. The molecule has 0 saturated carbocycles. The van der Waals surface area contributed by atoms with Gasteiger partial charge in [-0.1, -0.05) is 29.5 Å². The Morgan fingerprint density at radius 3 is 2.51 bits per heavy atom. The molecule has 0 bridgehead atoms. The molecule has 0 aliphatic carbocycles. The Morgan fingerprint density at radius 1 is 1.09 bits per heavy atom. The van der Waals surface area contributed by atoms with Crippen LogP contribution in [0.25, 0.3) is 16.0 Å². The lowest BCUT2D eigenvalue weighted by Gasteiger charge is -2.23. The lowest BCUT2D eigenvalue weighted by atomic mass is 9.95. The van der Waals surface area contributed by atoms with E-state index in [1.807, 2.05) is 26.0 Å². The molecule has 1 N–H and O–H groups in total. The maximum Gasteiger partial charge on any atom is 0.301 e. The average Bonchev–Trinajstić information content (AvgIpc) is 3.37. The quantitative estimate of drug-likeness (QED) is 0.227. The maximum atomic E-state index is 14.2. The first kappa shape index (κ1) is 22.7. The van der Waals surface area contributed by atoms with Gasteiger partial charge in [0.05, 0.1) is 28.9 Å². The molecule has 1 amide bonds. The SMILES string of the molecule is COc1ccc(/C(O)=C2\C(=O)C(=O)N(c3nc4c(C)cc(C)cc4s3)[C@@H]2c2cccc(F)c2)cc1. The number of anilines is 1. The Labute approximate surface area is 204 Å². The summed E-state index contributed by atoms with van der Waals surface area (Å²) in [6, 6.07) is 15.0. The molecular formula is C27H21FN2O4S. The lowest BCUT2D eigenvalue weighted by Crippen LogP contribution is -2.29. The minimum Gasteiger partial charge on any atom is -0.507 e. The number of halogens is 1. The van der Waals surface area contributed by atoms with Gasteiger partial charge in [0.1, 0.15) is 17.3 Å². The van der Waals surface area contributed by atoms with Crippen LogP contribution < -0.4 is 9.64 Å². The molecule has 1 atom stereocenters. The molecule has 0 unspecified atom stereocenters. The van der Waals surface area contributed by atoms with Crippen LogP contribution in [0.3, 0.4) is 0 Å². The largest absolute Gasteiger partial charge is 0.507 e. The first-order chi connectivity index (χ1) is 16.8. The van der Waals surface area contributed by atoms with Crippen LogP contribution in [0.5, 0.6) is 5.75 Å². The normalized spacial score (nSPS) is 17.4. The molecule has 5 rings (SSSR count). The van der Waals surface area contributed by atoms with Crippen LogP contribution in [0.1, 0.15) is 28.3 Å². The van der Waals surface area contributed by atoms with E-state index in [1.54, 1.807) is 30.3 Å². The third kappa shape index (κ3) is 3.85. The predicted molar refractivity (Wildman–Crippen MR) is 133 cm³/mol. The van der Waals surface area contributed by atoms with Crippen LogP contribution >= 0.6 is 11.3 Å². The molecule has 1 aliphatic heterocycles. The highest BCUT2D eigenvalue weighted by atomic mass is 32.1. The number of Topliss-reactive ketones (excluding diaryl/α,β-unsaturated/α-hetero) is 1. The monoisotopic (exact) mass is 488 g/mol. The topological polar surface area (TPSA) is 79.7 Å². The molecule has 6 nitrogen and oxygen atoms in total. The van der Waals surface area contributed by atoms with E-state index in [-0.39, 0.29) is 11.3 Å². The Kier molecular flexibility index (Phi) is 5.61. The zero-order valence-electron chi connectivity index (χ0n) is 19.2. The van der Waals surface area contributed by atoms with E-state index in [0.29, 0.717) is 22.0 Å². The van der Waals surface area contributed by atoms with Gasteiger partial charge in [-0.05, 0) is 73.0 Å². The number of fused-ring (bicyclic) bond motifs is 1. The number of amides is 1. The summed E-state index contributed by atoms with van der Waals surface area (Å²) in [5.74, 6) is -1.99. The van der Waals surface area contributed by atoms with E-state index in [2.05, 4.69) is 4.98 Å². The van der Waals surface area contributed by atoms with Gasteiger partial charge in [-0.3, -0.25) is 14.5 Å². The predicted octanol–water partition coefficient (Wildman–Crippen LogP) is 5.69. The summed E-state index contributed by atoms with van der Waals surface area (Å²) in [6.07, 6.45) is 0. The Bertz CT molecular complexity index is 1520. The summed E-state index contributed by atoms with van der Waals surface area (Å²) < 4.78 is 20.3. The fraction of sp³-hybridized carbons (Fsp3) is 0.148. The van der Waals surface area contributed by atoms with Gasteiger partial charge in [0.25, 0.3) is 5.78 Å². The van der Waals surface area contributed by atoms with E-state index >= 15 is 0 Å². The fourth-order valence-corrected chi connectivity index (χ4v) is 5.56. The Hall–Kier alpha value is -4.04. The fourth-order valence-electron chi connectivity index (χ4n) is 4.39. The third-order valence-electron chi connectivity index (χ3n) is 6.00. The Balaban J connectivity index is 1.73. The number of nitrogens with zero attached hydrogens (tertiary/aromatic N) is 2. The zero-order chi connectivity index (χ0) is 24.9. The average molecular weight is 489 g/mol. The molecule has 35 heavy (non-hydrogen) atoms. The van der Waals surface area contributed by atoms with Gasteiger partial charge in [0, 0.05) is 5.56 Å². The molecule has 176 valence electrons. The van der Waals surface area contributed by atoms with Crippen LogP contribution in [0.15, 0.2) is 66.2 Å². The molecule has 8 heteroatoms. The van der Waals surface area contributed by atoms with Crippen molar-refractivity contribution in [3.63, 3.8) is 0 Å². The summed E-state index contributed by atoms with van der Waals surface area (Å²) >= 11 is 1.27. The van der Waals surface area contributed by atoms with Gasteiger partial charge in [0.2, 0.25) is 0 Å². The maximum absolute atomic E-state index is 14.2. The molecule has 1 fully saturated rings. The summed E-state index contributed by atoms with van der Waals surface area (Å²) in [5, 5.41) is 11.5. The van der Waals surface area contributed by atoms with Gasteiger partial charge in [0.15, 0.2) is 5.13 Å². The van der Waals surface area contributed by atoms with Crippen molar-refractivity contribution in [1.82, 2.24) is 4.98 Å². The van der Waals surface area contributed by atoms with Crippen LogP contribution in [0.4, 0.5) is 9.52 Å². The number of aryl methyl sites for hydroxylation is 2. The number of hydrogen-bond acceptors (Lipinski definition) is 6. The van der Waals surface area contributed by atoms with E-state index in [0.717, 1.165) is 21.3 Å². The van der Waals surface area contributed by atoms with Crippen molar-refractivity contribution in [3.8, 4) is 5.75 Å². The number of carbonyl (C=O) groups is 2. The number of carbonyl (C=O) groups excluding carboxylic acids is 2. The van der Waals surface area contributed by atoms with Gasteiger partial charge in [-0.25, -0.2) is 9.37 Å². The first-order valence-corrected chi connectivity index (χ1v) is 11.7. The molecule has 0 radical (unpaired) electrons. The summed E-state index contributed by atoms with van der Waals surface area (Å²) in [5.41, 5.74) is 3.28. The second kappa shape index (κ2) is 8.63. The van der Waals surface area contributed by atoms with E-state index in [9.17, 15) is 19.1 Å². The second-order valence-electron chi connectivity index (χ2n) is 8.38. The van der Waals surface area contributed by atoms with Gasteiger partial charge in [-0.15, -0.1) is 0 Å². The minimum absolute atomic E-state index is 0.127. The van der Waals surface area contributed by atoms with E-state index in [4.69, 9.17) is 4.74 Å². The highest BCUT2D eigenvalue weighted by Gasteiger charge is 2.48. The lowest BCUT2D eigenvalue weighted by molar-refractivity contribution is -0.132. The van der Waals surface area contributed by atoms with Crippen molar-refractivity contribution in [2.75, 3.05) is 12.0 Å². The third-order valence-corrected chi connectivity index (χ3v) is 7.00. The number of methoxy groups -OCH3 is 1. The summed E-state index contributed by atoms with van der Waals surface area (Å²) in [4.78, 5) is 32.5. The van der Waals surface area contributed by atoms with Crippen molar-refractivity contribution >= 4 is 44.1 Å². The van der Waals surface area contributed by atoms with Crippen molar-refractivity contribution in [2.24, 2.45) is 0 Å². The van der Waals surface area contributed by atoms with Crippen molar-refractivity contribution in [3.05, 3.63) is 94.3 Å². The first-order valence-electron chi connectivity index (χ1n) is 10.9. The molecular weight excluding hydrogens is 467 g/mol. The molecule has 4 aromatic rings. The molecule has 1 saturated heterocycles. The van der Waals surface area contributed by atoms with Crippen molar-refractivity contribution in [2.45, 2.75) is 19.9 Å². The van der Waals surface area contributed by atoms with Crippen molar-refractivity contribution in [1.29, 1.82) is 0 Å². The number of aromatic nitrogens is 1. The molecule has 2 heterocycles. The summed E-state index contributed by atoms with van der Waals surface area (Å²) in [7, 11) is 1.52. The van der Waals surface area contributed by atoms with E-state index < -0.39 is 23.5 Å². The number of benzene rings is 3. The van der Waals surface area contributed by atoms with Gasteiger partial charge < -0.3 is 9.84 Å². The van der Waals surface area contributed by atoms with Crippen LogP contribution in [0, 0.1) is 19.7 Å². The standard InChI is InChI=1S/C27H21FN2O4S/c1-14-11-15(2)22-20(12-14)35-27(29-22)30-23(17-5-4-6-18(28)13-17)21(25(32)26(30)33)24(31)16-7-9-19(34-3)10-8-16/h4-13,23,31H,1-3H3/b24-21+/t23-/m1/s1. The van der Waals surface area contributed by atoms with Gasteiger partial charge in [-0.2, -0.15) is 0 Å². The second-order valence-corrected chi connectivity index (χ2v) is 9.39. The smallest absolute Gasteiger partial charge is 0.301 e. The highest BCUT2D eigenvalue weighted by Crippen LogP contribution is 2.44. The molecule has 0 spiro atoms. The van der Waals surface area contributed by atoms with Crippen LogP contribution in [-0.2, 0) is 9.59 Å². The number of aliphatic hydroxyl groups is 1. The van der Waals surface area contributed by atoms with Gasteiger partial charge >= 0.3 is 5.91 Å². The number of thiazole rings is 1. The minimum atomic E-state index is -1.05. The van der Waals surface area contributed by atoms with E-state index in [1.165, 1.54) is 41.5 Å². The molecule has 3 aromatic carbocycles. The number of hydrogen-bond donors (Lipinski definition) is 1. The molecule has 1 aromatic heterocycles. The number of rotatable bonds is 4. The van der Waals surface area contributed by atoms with Crippen LogP contribution in [0.2, 0.25) is 0 Å². The van der Waals surface area contributed by atoms with Crippen LogP contribution in [-0.4, -0.2) is 28.9 Å². The summed E-state index contributed by atoms with van der Waals surface area (Å²) in [6.45, 7) is 3.90. The number of aliphatic hydroxyl groups excluding tert-OH is 1. The number of ether oxygens (including phenoxy) is 1. The van der Waals surface area contributed by atoms with Crippen molar-refractivity contribution < 1.29 is 23.8 Å².